The van der Waals surface area contributed by atoms with Gasteiger partial charge in [0.15, 0.2) is 11.6 Å². The van der Waals surface area contributed by atoms with Crippen LogP contribution in [0.4, 0.5) is 0 Å². The first-order chi connectivity index (χ1) is 9.57. The Hall–Kier alpha value is -1.23. The second-order valence-electron chi connectivity index (χ2n) is 5.44. The molecule has 0 aliphatic carbocycles. The Labute approximate surface area is 120 Å². The van der Waals surface area contributed by atoms with Crippen molar-refractivity contribution in [3.05, 3.63) is 35.9 Å². The Morgan fingerprint density at radius 1 is 1.30 bits per heavy atom. The van der Waals surface area contributed by atoms with Crippen LogP contribution >= 0.6 is 0 Å². The van der Waals surface area contributed by atoms with Crippen LogP contribution in [0.5, 0.6) is 0 Å². The number of benzene rings is 1. The lowest BCUT2D eigenvalue weighted by molar-refractivity contribution is -0.259. The van der Waals surface area contributed by atoms with E-state index in [4.69, 9.17) is 14.2 Å². The van der Waals surface area contributed by atoms with Gasteiger partial charge in [-0.2, -0.15) is 0 Å². The molecular formula is C16H22O4. The van der Waals surface area contributed by atoms with E-state index in [0.29, 0.717) is 19.6 Å². The molecular weight excluding hydrogens is 256 g/mol. The largest absolute Gasteiger partial charge is 0.377 e. The van der Waals surface area contributed by atoms with Crippen LogP contribution in [0.3, 0.4) is 0 Å². The number of carbonyl (C=O) groups excluding carboxylic acids is 1. The minimum atomic E-state index is -0.663. The van der Waals surface area contributed by atoms with Crippen molar-refractivity contribution in [3.63, 3.8) is 0 Å². The number of hydrogen-bond donors (Lipinski definition) is 0. The van der Waals surface area contributed by atoms with Crippen molar-refractivity contribution < 1.29 is 19.0 Å². The summed E-state index contributed by atoms with van der Waals surface area (Å²) in [6.07, 6.45) is 1.12. The molecule has 0 aromatic heterocycles. The van der Waals surface area contributed by atoms with Crippen LogP contribution in [0.1, 0.15) is 32.3 Å². The van der Waals surface area contributed by atoms with Gasteiger partial charge in [-0.05, 0) is 32.3 Å². The predicted octanol–water partition coefficient (Wildman–Crippen LogP) is 2.70. The molecule has 110 valence electrons. The van der Waals surface area contributed by atoms with E-state index in [9.17, 15) is 4.79 Å². The Morgan fingerprint density at radius 2 is 2.05 bits per heavy atom. The van der Waals surface area contributed by atoms with E-state index < -0.39 is 5.79 Å². The van der Waals surface area contributed by atoms with Gasteiger partial charge in [0, 0.05) is 6.61 Å². The second-order valence-corrected chi connectivity index (χ2v) is 5.44. The molecule has 4 nitrogen and oxygen atoms in total. The van der Waals surface area contributed by atoms with Crippen LogP contribution < -0.4 is 0 Å². The molecule has 20 heavy (non-hydrogen) atoms. The van der Waals surface area contributed by atoms with Crippen molar-refractivity contribution in [2.75, 3.05) is 13.2 Å². The van der Waals surface area contributed by atoms with Crippen LogP contribution in [0.2, 0.25) is 0 Å². The Bertz CT molecular complexity index is 427. The number of ether oxygens (including phenoxy) is 3. The lowest BCUT2D eigenvalue weighted by Gasteiger charge is -2.34. The monoisotopic (exact) mass is 278 g/mol. The third-order valence-electron chi connectivity index (χ3n) is 3.21. The molecule has 4 heteroatoms. The second kappa shape index (κ2) is 6.97. The van der Waals surface area contributed by atoms with Crippen molar-refractivity contribution in [1.29, 1.82) is 0 Å². The molecule has 0 amide bonds. The van der Waals surface area contributed by atoms with E-state index in [2.05, 4.69) is 0 Å². The number of rotatable bonds is 6. The molecule has 0 radical (unpaired) electrons. The minimum Gasteiger partial charge on any atom is -0.377 e. The van der Waals surface area contributed by atoms with Gasteiger partial charge in [-0.15, -0.1) is 0 Å². The van der Waals surface area contributed by atoms with Crippen LogP contribution in [-0.4, -0.2) is 30.9 Å². The summed E-state index contributed by atoms with van der Waals surface area (Å²) >= 11 is 0. The lowest BCUT2D eigenvalue weighted by Crippen LogP contribution is -2.46. The standard InChI is InChI=1S/C16H22O4/c1-16(2)19-12-14(17)15(20-16)9-6-10-18-11-13-7-4-3-5-8-13/h3-5,7-8,15H,6,9-12H2,1-2H3/t15-/m1/s1. The molecule has 1 saturated heterocycles. The Morgan fingerprint density at radius 3 is 2.80 bits per heavy atom. The highest BCUT2D eigenvalue weighted by Gasteiger charge is 2.34. The Balaban J connectivity index is 1.64. The molecule has 0 N–H and O–H groups in total. The van der Waals surface area contributed by atoms with E-state index in [-0.39, 0.29) is 18.5 Å². The van der Waals surface area contributed by atoms with Crippen molar-refractivity contribution >= 4 is 5.78 Å². The molecule has 1 fully saturated rings. The summed E-state index contributed by atoms with van der Waals surface area (Å²) in [7, 11) is 0. The van der Waals surface area contributed by atoms with Gasteiger partial charge in [0.1, 0.15) is 12.7 Å². The fourth-order valence-electron chi connectivity index (χ4n) is 2.14. The molecule has 0 bridgehead atoms. The third kappa shape index (κ3) is 4.71. The maximum Gasteiger partial charge on any atom is 0.187 e. The number of carbonyl (C=O) groups is 1. The summed E-state index contributed by atoms with van der Waals surface area (Å²) in [5.74, 6) is -0.642. The molecule has 1 atom stereocenters. The quantitative estimate of drug-likeness (QED) is 0.751. The summed E-state index contributed by atoms with van der Waals surface area (Å²) < 4.78 is 16.5. The van der Waals surface area contributed by atoms with Crippen LogP contribution in [-0.2, 0) is 25.6 Å². The average molecular weight is 278 g/mol. The van der Waals surface area contributed by atoms with Crippen molar-refractivity contribution in [1.82, 2.24) is 0 Å². The van der Waals surface area contributed by atoms with Gasteiger partial charge in [0.2, 0.25) is 0 Å². The summed E-state index contributed by atoms with van der Waals surface area (Å²) in [6, 6.07) is 10.0. The van der Waals surface area contributed by atoms with Crippen LogP contribution in [0.15, 0.2) is 30.3 Å². The molecule has 1 aromatic carbocycles. The first-order valence-electron chi connectivity index (χ1n) is 7.03. The van der Waals surface area contributed by atoms with E-state index in [1.165, 1.54) is 0 Å². The highest BCUT2D eigenvalue weighted by molar-refractivity contribution is 5.84. The van der Waals surface area contributed by atoms with Gasteiger partial charge in [0.05, 0.1) is 6.61 Å². The number of Topliss-reactive ketones (excluding diaryl/α,β-unsaturated/α-hetero) is 1. The van der Waals surface area contributed by atoms with Crippen molar-refractivity contribution in [3.8, 4) is 0 Å². The third-order valence-corrected chi connectivity index (χ3v) is 3.21. The lowest BCUT2D eigenvalue weighted by atomic mass is 10.1. The molecule has 1 aromatic rings. The molecule has 0 spiro atoms. The van der Waals surface area contributed by atoms with Gasteiger partial charge < -0.3 is 14.2 Å². The zero-order valence-electron chi connectivity index (χ0n) is 12.1. The van der Waals surface area contributed by atoms with Crippen LogP contribution in [0, 0.1) is 0 Å². The maximum absolute atomic E-state index is 11.7. The summed E-state index contributed by atoms with van der Waals surface area (Å²) in [5, 5.41) is 0. The zero-order valence-corrected chi connectivity index (χ0v) is 12.1. The molecule has 1 heterocycles. The van der Waals surface area contributed by atoms with E-state index >= 15 is 0 Å². The molecule has 1 aliphatic rings. The SMILES string of the molecule is CC1(C)OCC(=O)[C@@H](CCCOCc2ccccc2)O1. The number of ketones is 1. The molecule has 0 saturated carbocycles. The fourth-order valence-corrected chi connectivity index (χ4v) is 2.14. The fraction of sp³-hybridized carbons (Fsp3) is 0.562. The highest BCUT2D eigenvalue weighted by Crippen LogP contribution is 2.22. The molecule has 0 unspecified atom stereocenters. The first-order valence-corrected chi connectivity index (χ1v) is 7.03. The Kier molecular flexibility index (Phi) is 5.29. The van der Waals surface area contributed by atoms with Gasteiger partial charge in [-0.25, -0.2) is 0 Å². The minimum absolute atomic E-state index is 0.0207. The van der Waals surface area contributed by atoms with Gasteiger partial charge >= 0.3 is 0 Å². The van der Waals surface area contributed by atoms with Gasteiger partial charge in [-0.3, -0.25) is 4.79 Å². The van der Waals surface area contributed by atoms with Crippen LogP contribution in [0.25, 0.3) is 0 Å². The van der Waals surface area contributed by atoms with Gasteiger partial charge in [0.25, 0.3) is 0 Å². The van der Waals surface area contributed by atoms with E-state index in [1.807, 2.05) is 44.2 Å². The normalized spacial score (nSPS) is 21.9. The van der Waals surface area contributed by atoms with Gasteiger partial charge in [-0.1, -0.05) is 30.3 Å². The van der Waals surface area contributed by atoms with E-state index in [0.717, 1.165) is 12.0 Å². The van der Waals surface area contributed by atoms with E-state index in [1.54, 1.807) is 0 Å². The maximum atomic E-state index is 11.7. The topological polar surface area (TPSA) is 44.8 Å². The summed E-state index contributed by atoms with van der Waals surface area (Å²) in [5.41, 5.74) is 1.16. The smallest absolute Gasteiger partial charge is 0.187 e. The molecule has 1 aliphatic heterocycles. The average Bonchev–Trinajstić information content (AvgIpc) is 2.43. The van der Waals surface area contributed by atoms with Crippen molar-refractivity contribution in [2.24, 2.45) is 0 Å². The zero-order chi connectivity index (χ0) is 14.4. The van der Waals surface area contributed by atoms with Crippen molar-refractivity contribution in [2.45, 2.75) is 45.2 Å². The number of hydrogen-bond acceptors (Lipinski definition) is 4. The first kappa shape index (κ1) is 15.2. The predicted molar refractivity (Wildman–Crippen MR) is 75.2 cm³/mol. The highest BCUT2D eigenvalue weighted by atomic mass is 16.7. The summed E-state index contributed by atoms with van der Waals surface area (Å²) in [6.45, 7) is 5.04. The summed E-state index contributed by atoms with van der Waals surface area (Å²) in [4.78, 5) is 11.7. The molecule has 2 rings (SSSR count).